The maximum Gasteiger partial charge on any atom is 0.234 e. The van der Waals surface area contributed by atoms with Crippen molar-refractivity contribution >= 4 is 17.9 Å². The number of hydrogen-bond donors (Lipinski definition) is 3. The summed E-state index contributed by atoms with van der Waals surface area (Å²) in [6, 6.07) is 7.00. The normalized spacial score (nSPS) is 25.7. The van der Waals surface area contributed by atoms with Crippen molar-refractivity contribution in [2.75, 3.05) is 20.3 Å². The average Bonchev–Trinajstić information content (AvgIpc) is 3.17. The highest BCUT2D eigenvalue weighted by Gasteiger charge is 2.56. The van der Waals surface area contributed by atoms with Crippen LogP contribution in [0, 0.1) is 17.8 Å². The minimum absolute atomic E-state index is 0.0467. The molecule has 1 aliphatic heterocycles. The molecule has 208 valence electrons. The quantitative estimate of drug-likeness (QED) is 0.288. The molecule has 2 fully saturated rings. The second kappa shape index (κ2) is 13.0. The van der Waals surface area contributed by atoms with E-state index in [1.807, 2.05) is 12.1 Å². The lowest BCUT2D eigenvalue weighted by Crippen LogP contribution is -2.42. The molecule has 0 bridgehead atoms. The van der Waals surface area contributed by atoms with Gasteiger partial charge in [0.05, 0.1) is 31.2 Å². The molecule has 0 unspecified atom stereocenters. The Hall–Kier alpha value is -2.48. The van der Waals surface area contributed by atoms with E-state index in [2.05, 4.69) is 13.0 Å². The number of rotatable bonds is 11. The van der Waals surface area contributed by atoms with Gasteiger partial charge in [0, 0.05) is 19.1 Å². The van der Waals surface area contributed by atoms with Gasteiger partial charge in [-0.05, 0) is 67.4 Å². The van der Waals surface area contributed by atoms with E-state index in [1.54, 1.807) is 19.2 Å². The van der Waals surface area contributed by atoms with Gasteiger partial charge in [-0.1, -0.05) is 56.4 Å². The molecule has 38 heavy (non-hydrogen) atoms. The summed E-state index contributed by atoms with van der Waals surface area (Å²) >= 11 is 0. The second-order valence-corrected chi connectivity index (χ2v) is 11.2. The lowest BCUT2D eigenvalue weighted by molar-refractivity contribution is -0.143. The van der Waals surface area contributed by atoms with Crippen molar-refractivity contribution in [2.24, 2.45) is 17.8 Å². The topological polar surface area (TPSA) is 107 Å². The van der Waals surface area contributed by atoms with Crippen LogP contribution in [-0.2, 0) is 14.3 Å². The summed E-state index contributed by atoms with van der Waals surface area (Å²) in [5, 5.41) is 31.6. The Kier molecular flexibility index (Phi) is 9.80. The molecule has 7 nitrogen and oxygen atoms in total. The van der Waals surface area contributed by atoms with E-state index in [0.29, 0.717) is 24.8 Å². The number of methoxy groups -OCH3 is 1. The molecule has 1 aromatic carbocycles. The minimum atomic E-state index is -0.843. The largest absolute Gasteiger partial charge is 0.508 e. The van der Waals surface area contributed by atoms with Crippen molar-refractivity contribution in [3.05, 3.63) is 46.5 Å². The van der Waals surface area contributed by atoms with E-state index in [-0.39, 0.29) is 36.8 Å². The smallest absolute Gasteiger partial charge is 0.234 e. The fraction of sp³-hybridized carbons (Fsp3) is 0.613. The van der Waals surface area contributed by atoms with Gasteiger partial charge in [-0.3, -0.25) is 14.5 Å². The van der Waals surface area contributed by atoms with Gasteiger partial charge in [-0.25, -0.2) is 0 Å². The number of aromatic hydroxyl groups is 1. The fourth-order valence-corrected chi connectivity index (χ4v) is 6.86. The van der Waals surface area contributed by atoms with Crippen LogP contribution in [0.25, 0.3) is 6.08 Å². The number of likely N-dealkylation sites (tertiary alicyclic amines) is 1. The molecule has 1 saturated carbocycles. The lowest BCUT2D eigenvalue weighted by atomic mass is 9.68. The zero-order chi connectivity index (χ0) is 27.2. The van der Waals surface area contributed by atoms with Crippen LogP contribution in [0.15, 0.2) is 41.0 Å². The monoisotopic (exact) mass is 525 g/mol. The molecule has 3 aliphatic rings. The minimum Gasteiger partial charge on any atom is -0.508 e. The third-order valence-corrected chi connectivity index (χ3v) is 8.61. The molecular weight excluding hydrogens is 482 g/mol. The van der Waals surface area contributed by atoms with Crippen molar-refractivity contribution < 1.29 is 29.6 Å². The molecule has 7 heteroatoms. The summed E-state index contributed by atoms with van der Waals surface area (Å²) in [7, 11) is 1.59. The SMILES string of the molecule is CCC/C(=C\c1ccc(O)cc1)CC[C@@H](O)C1=C(COC)C[C@H]2C(=O)N(C3CCCCC3)C(=O)[C@H]2[C@H]1CO. The Morgan fingerprint density at radius 2 is 1.82 bits per heavy atom. The van der Waals surface area contributed by atoms with Gasteiger partial charge in [0.2, 0.25) is 11.8 Å². The van der Waals surface area contributed by atoms with Crippen molar-refractivity contribution in [3.8, 4) is 5.75 Å². The first-order chi connectivity index (χ1) is 18.4. The van der Waals surface area contributed by atoms with Crippen molar-refractivity contribution in [1.82, 2.24) is 4.90 Å². The highest BCUT2D eigenvalue weighted by Crippen LogP contribution is 2.47. The van der Waals surface area contributed by atoms with Gasteiger partial charge in [-0.2, -0.15) is 0 Å². The molecular formula is C31H43NO6. The maximum absolute atomic E-state index is 13.7. The third kappa shape index (κ3) is 6.05. The molecule has 0 spiro atoms. The van der Waals surface area contributed by atoms with Crippen molar-refractivity contribution in [2.45, 2.75) is 83.3 Å². The number of fused-ring (bicyclic) bond motifs is 1. The number of carbonyl (C=O) groups excluding carboxylic acids is 2. The molecule has 3 N–H and O–H groups in total. The van der Waals surface area contributed by atoms with Crippen molar-refractivity contribution in [1.29, 1.82) is 0 Å². The molecule has 1 aromatic rings. The van der Waals surface area contributed by atoms with Gasteiger partial charge in [0.25, 0.3) is 0 Å². The van der Waals surface area contributed by atoms with Crippen LogP contribution in [0.2, 0.25) is 0 Å². The lowest BCUT2D eigenvalue weighted by Gasteiger charge is -2.36. The first kappa shape index (κ1) is 28.5. The van der Waals surface area contributed by atoms with E-state index in [4.69, 9.17) is 4.74 Å². The van der Waals surface area contributed by atoms with Crippen LogP contribution in [0.4, 0.5) is 0 Å². The molecule has 0 radical (unpaired) electrons. The van der Waals surface area contributed by atoms with E-state index in [1.165, 1.54) is 10.5 Å². The third-order valence-electron chi connectivity index (χ3n) is 8.61. The highest BCUT2D eigenvalue weighted by atomic mass is 16.5. The Morgan fingerprint density at radius 3 is 2.45 bits per heavy atom. The zero-order valence-electron chi connectivity index (χ0n) is 22.8. The summed E-state index contributed by atoms with van der Waals surface area (Å²) in [5.41, 5.74) is 3.71. The number of phenolic OH excluding ortho intramolecular Hbond substituents is 1. The van der Waals surface area contributed by atoms with Crippen LogP contribution >= 0.6 is 0 Å². The number of carbonyl (C=O) groups is 2. The number of aliphatic hydroxyl groups excluding tert-OH is 2. The van der Waals surface area contributed by atoms with Gasteiger partial charge < -0.3 is 20.1 Å². The molecule has 0 aromatic heterocycles. The number of imide groups is 1. The summed E-state index contributed by atoms with van der Waals surface area (Å²) in [5.74, 6) is -1.77. The first-order valence-corrected chi connectivity index (χ1v) is 14.2. The molecule has 2 aliphatic carbocycles. The van der Waals surface area contributed by atoms with Crippen LogP contribution in [0.1, 0.15) is 76.7 Å². The van der Waals surface area contributed by atoms with Gasteiger partial charge >= 0.3 is 0 Å². The van der Waals surface area contributed by atoms with Crippen molar-refractivity contribution in [3.63, 3.8) is 0 Å². The zero-order valence-corrected chi connectivity index (χ0v) is 22.8. The second-order valence-electron chi connectivity index (χ2n) is 11.2. The number of allylic oxidation sites excluding steroid dienone is 1. The average molecular weight is 526 g/mol. The number of ether oxygens (including phenoxy) is 1. The number of benzene rings is 1. The number of hydrogen-bond acceptors (Lipinski definition) is 6. The summed E-state index contributed by atoms with van der Waals surface area (Å²) in [6.45, 7) is 2.09. The fourth-order valence-electron chi connectivity index (χ4n) is 6.86. The van der Waals surface area contributed by atoms with Crippen LogP contribution < -0.4 is 0 Å². The Balaban J connectivity index is 1.56. The molecule has 1 saturated heterocycles. The Morgan fingerprint density at radius 1 is 1.11 bits per heavy atom. The van der Waals surface area contributed by atoms with Crippen LogP contribution in [0.5, 0.6) is 5.75 Å². The number of aliphatic hydroxyl groups is 2. The summed E-state index contributed by atoms with van der Waals surface area (Å²) < 4.78 is 5.47. The molecule has 1 heterocycles. The van der Waals surface area contributed by atoms with Gasteiger partial charge in [0.1, 0.15) is 5.75 Å². The van der Waals surface area contributed by atoms with E-state index >= 15 is 0 Å². The van der Waals surface area contributed by atoms with Gasteiger partial charge in [-0.15, -0.1) is 0 Å². The molecule has 4 rings (SSSR count). The predicted octanol–water partition coefficient (Wildman–Crippen LogP) is 4.61. The standard InChI is InChI=1S/C31H43NO6/c1-3-7-20(16-21-10-13-24(34)14-11-21)12-15-27(35)28-22(19-38-2)17-25-29(26(28)18-33)31(37)32(30(25)36)23-8-5-4-6-9-23/h10-11,13-14,16,23,25-27,29,33-35H,3-9,12,15,17-19H2,1-2H3/b20-16+/t25-,26+,27-,29-/m1/s1. The van der Waals surface area contributed by atoms with E-state index in [9.17, 15) is 24.9 Å². The Bertz CT molecular complexity index is 1040. The van der Waals surface area contributed by atoms with Crippen LogP contribution in [-0.4, -0.2) is 64.5 Å². The molecule has 4 atom stereocenters. The number of phenols is 1. The first-order valence-electron chi connectivity index (χ1n) is 14.2. The Labute approximate surface area is 226 Å². The highest BCUT2D eigenvalue weighted by molar-refractivity contribution is 6.06. The van der Waals surface area contributed by atoms with Gasteiger partial charge in [0.15, 0.2) is 0 Å². The van der Waals surface area contributed by atoms with Crippen LogP contribution in [0.3, 0.4) is 0 Å². The predicted molar refractivity (Wildman–Crippen MR) is 146 cm³/mol. The summed E-state index contributed by atoms with van der Waals surface area (Å²) in [6.07, 6.45) is 9.49. The maximum atomic E-state index is 13.7. The number of amides is 2. The van der Waals surface area contributed by atoms with E-state index in [0.717, 1.165) is 56.1 Å². The summed E-state index contributed by atoms with van der Waals surface area (Å²) in [4.78, 5) is 28.7. The molecule has 2 amide bonds. The number of nitrogens with zero attached hydrogens (tertiary/aromatic N) is 1. The van der Waals surface area contributed by atoms with E-state index < -0.39 is 23.9 Å².